The van der Waals surface area contributed by atoms with Crippen molar-refractivity contribution in [2.45, 2.75) is 19.9 Å². The molecule has 0 bridgehead atoms. The molecule has 1 unspecified atom stereocenters. The molecule has 0 aromatic carbocycles. The van der Waals surface area contributed by atoms with Crippen LogP contribution in [0.25, 0.3) is 0 Å². The number of hydrogen-bond donors (Lipinski definition) is 0. The number of fused-ring (bicyclic) bond motifs is 1. The summed E-state index contributed by atoms with van der Waals surface area (Å²) in [4.78, 5) is 5.04. The largest absolute Gasteiger partial charge is 0.493 e. The predicted molar refractivity (Wildman–Crippen MR) is 58.1 cm³/mol. The van der Waals surface area contributed by atoms with Crippen molar-refractivity contribution in [2.75, 3.05) is 13.7 Å². The first-order chi connectivity index (χ1) is 7.16. The van der Waals surface area contributed by atoms with Gasteiger partial charge in [-0.05, 0) is 12.0 Å². The van der Waals surface area contributed by atoms with Gasteiger partial charge in [-0.15, -0.1) is 5.06 Å². The molecule has 1 aliphatic carbocycles. The van der Waals surface area contributed by atoms with E-state index < -0.39 is 0 Å². The van der Waals surface area contributed by atoms with Gasteiger partial charge in [0.05, 0.1) is 6.61 Å². The number of rotatable bonds is 3. The van der Waals surface area contributed by atoms with Gasteiger partial charge < -0.3 is 4.74 Å². The summed E-state index contributed by atoms with van der Waals surface area (Å²) >= 11 is 0. The molecule has 2 aliphatic rings. The lowest BCUT2D eigenvalue weighted by Gasteiger charge is -2.17. The van der Waals surface area contributed by atoms with Crippen molar-refractivity contribution in [1.29, 1.82) is 0 Å². The van der Waals surface area contributed by atoms with Gasteiger partial charge in [-0.25, -0.2) is 0 Å². The highest BCUT2D eigenvalue weighted by molar-refractivity contribution is 6.02. The molecule has 0 saturated carbocycles. The van der Waals surface area contributed by atoms with Crippen LogP contribution in [0.1, 0.15) is 13.8 Å². The molecule has 0 saturated heterocycles. The van der Waals surface area contributed by atoms with Crippen LogP contribution in [0.15, 0.2) is 29.1 Å². The third-order valence-electron chi connectivity index (χ3n) is 2.29. The summed E-state index contributed by atoms with van der Waals surface area (Å²) < 4.78 is 5.61. The topological polar surface area (TPSA) is 34.1 Å². The molecular formula is C11H16N2O2. The number of likely N-dealkylation sites (N-methyl/N-ethyl adjacent to an activating group) is 1. The second kappa shape index (κ2) is 4.06. The van der Waals surface area contributed by atoms with E-state index >= 15 is 0 Å². The Balaban J connectivity index is 2.00. The van der Waals surface area contributed by atoms with Crippen molar-refractivity contribution >= 4 is 5.71 Å². The van der Waals surface area contributed by atoms with E-state index in [2.05, 4.69) is 19.0 Å². The maximum atomic E-state index is 5.61. The van der Waals surface area contributed by atoms with Crippen LogP contribution in [0.4, 0.5) is 0 Å². The highest BCUT2D eigenvalue weighted by Crippen LogP contribution is 2.19. The Morgan fingerprint density at radius 2 is 2.40 bits per heavy atom. The Hall–Kier alpha value is -1.29. The molecule has 0 N–H and O–H groups in total. The monoisotopic (exact) mass is 208 g/mol. The second-order valence-electron chi connectivity index (χ2n) is 4.20. The number of nitrogens with zero attached hydrogens (tertiary/aromatic N) is 2. The van der Waals surface area contributed by atoms with Crippen molar-refractivity contribution in [3.8, 4) is 0 Å². The van der Waals surface area contributed by atoms with Gasteiger partial charge in [0.25, 0.3) is 0 Å². The molecule has 4 heteroatoms. The van der Waals surface area contributed by atoms with Crippen LogP contribution in [0.2, 0.25) is 0 Å². The highest BCUT2D eigenvalue weighted by Gasteiger charge is 2.28. The van der Waals surface area contributed by atoms with Crippen LogP contribution in [0, 0.1) is 5.92 Å². The van der Waals surface area contributed by atoms with Gasteiger partial charge in [-0.2, -0.15) is 0 Å². The third kappa shape index (κ3) is 2.21. The first kappa shape index (κ1) is 10.2. The normalized spacial score (nSPS) is 24.7. The van der Waals surface area contributed by atoms with Gasteiger partial charge in [0.1, 0.15) is 17.5 Å². The zero-order valence-electron chi connectivity index (χ0n) is 9.30. The summed E-state index contributed by atoms with van der Waals surface area (Å²) in [5.74, 6) is 1.39. The molecule has 0 aromatic heterocycles. The van der Waals surface area contributed by atoms with Gasteiger partial charge in [0.2, 0.25) is 0 Å². The lowest BCUT2D eigenvalue weighted by molar-refractivity contribution is -0.123. The zero-order chi connectivity index (χ0) is 10.8. The van der Waals surface area contributed by atoms with Crippen molar-refractivity contribution in [2.24, 2.45) is 11.1 Å². The minimum atomic E-state index is 0.136. The first-order valence-electron chi connectivity index (χ1n) is 5.17. The number of ether oxygens (including phenoxy) is 1. The minimum absolute atomic E-state index is 0.136. The van der Waals surface area contributed by atoms with E-state index in [9.17, 15) is 0 Å². The zero-order valence-corrected chi connectivity index (χ0v) is 9.30. The smallest absolute Gasteiger partial charge is 0.121 e. The number of allylic oxidation sites excluding steroid dienone is 1. The molecule has 0 fully saturated rings. The Morgan fingerprint density at radius 3 is 3.13 bits per heavy atom. The number of oxime groups is 1. The van der Waals surface area contributed by atoms with Crippen molar-refractivity contribution in [1.82, 2.24) is 5.06 Å². The van der Waals surface area contributed by atoms with E-state index in [-0.39, 0.29) is 6.04 Å². The fourth-order valence-corrected chi connectivity index (χ4v) is 1.47. The van der Waals surface area contributed by atoms with Crippen LogP contribution in [0.3, 0.4) is 0 Å². The van der Waals surface area contributed by atoms with Crippen LogP contribution in [-0.2, 0) is 9.68 Å². The number of hydroxylamine groups is 2. The average Bonchev–Trinajstić information content (AvgIpc) is 2.57. The molecule has 0 spiro atoms. The third-order valence-corrected chi connectivity index (χ3v) is 2.29. The molecule has 0 amide bonds. The Morgan fingerprint density at radius 1 is 1.60 bits per heavy atom. The summed E-state index contributed by atoms with van der Waals surface area (Å²) in [6.45, 7) is 4.98. The summed E-state index contributed by atoms with van der Waals surface area (Å²) in [7, 11) is 1.86. The van der Waals surface area contributed by atoms with E-state index in [0.717, 1.165) is 18.1 Å². The molecular weight excluding hydrogens is 192 g/mol. The van der Waals surface area contributed by atoms with Crippen molar-refractivity contribution in [3.63, 3.8) is 0 Å². The Kier molecular flexibility index (Phi) is 2.77. The predicted octanol–water partition coefficient (Wildman–Crippen LogP) is 1.71. The average molecular weight is 208 g/mol. The molecule has 1 aliphatic heterocycles. The second-order valence-corrected chi connectivity index (χ2v) is 4.20. The summed E-state index contributed by atoms with van der Waals surface area (Å²) in [6, 6.07) is 0.136. The standard InChI is InChI=1S/C11H16N2O2/c1-8(2)7-14-9-4-5-11-10(6-9)12-15-13(11)3/h4-6,8,11H,7H2,1-3H3. The SMILES string of the molecule is CC(C)COC1=CC2=NON(C)C2C=C1. The molecule has 1 heterocycles. The first-order valence-corrected chi connectivity index (χ1v) is 5.17. The summed E-state index contributed by atoms with van der Waals surface area (Å²) in [5.41, 5.74) is 0.902. The van der Waals surface area contributed by atoms with Crippen LogP contribution in [0.5, 0.6) is 0 Å². The van der Waals surface area contributed by atoms with E-state index in [1.165, 1.54) is 0 Å². The molecule has 2 rings (SSSR count). The quantitative estimate of drug-likeness (QED) is 0.708. The van der Waals surface area contributed by atoms with Gasteiger partial charge >= 0.3 is 0 Å². The fourth-order valence-electron chi connectivity index (χ4n) is 1.47. The molecule has 0 radical (unpaired) electrons. The highest BCUT2D eigenvalue weighted by atomic mass is 16.8. The van der Waals surface area contributed by atoms with Gasteiger partial charge in [0, 0.05) is 13.1 Å². The molecule has 1 atom stereocenters. The summed E-state index contributed by atoms with van der Waals surface area (Å²) in [5, 5.41) is 5.66. The van der Waals surface area contributed by atoms with Gasteiger partial charge in [-0.3, -0.25) is 4.94 Å². The molecule has 15 heavy (non-hydrogen) atoms. The molecule has 0 aromatic rings. The number of hydrogen-bond acceptors (Lipinski definition) is 4. The van der Waals surface area contributed by atoms with E-state index in [1.807, 2.05) is 25.3 Å². The lowest BCUT2D eigenvalue weighted by Crippen LogP contribution is -2.30. The molecule has 4 nitrogen and oxygen atoms in total. The summed E-state index contributed by atoms with van der Waals surface area (Å²) in [6.07, 6.45) is 5.93. The van der Waals surface area contributed by atoms with Crippen molar-refractivity contribution < 1.29 is 9.68 Å². The van der Waals surface area contributed by atoms with E-state index in [0.29, 0.717) is 5.92 Å². The minimum Gasteiger partial charge on any atom is -0.493 e. The van der Waals surface area contributed by atoms with E-state index in [4.69, 9.17) is 9.68 Å². The van der Waals surface area contributed by atoms with Crippen molar-refractivity contribution in [3.05, 3.63) is 24.0 Å². The Labute approximate surface area is 89.8 Å². The van der Waals surface area contributed by atoms with Crippen LogP contribution < -0.4 is 0 Å². The Bertz CT molecular complexity index is 331. The van der Waals surface area contributed by atoms with Gasteiger partial charge in [-0.1, -0.05) is 25.1 Å². The van der Waals surface area contributed by atoms with Crippen LogP contribution in [-0.4, -0.2) is 30.5 Å². The molecule has 82 valence electrons. The maximum absolute atomic E-state index is 5.61. The maximum Gasteiger partial charge on any atom is 0.121 e. The van der Waals surface area contributed by atoms with Crippen LogP contribution >= 0.6 is 0 Å². The van der Waals surface area contributed by atoms with Gasteiger partial charge in [0.15, 0.2) is 0 Å². The lowest BCUT2D eigenvalue weighted by atomic mass is 10.1. The van der Waals surface area contributed by atoms with E-state index in [1.54, 1.807) is 5.06 Å². The fraction of sp³-hybridized carbons (Fsp3) is 0.545.